The van der Waals surface area contributed by atoms with Gasteiger partial charge in [-0.05, 0) is 42.6 Å². The monoisotopic (exact) mass is 392 g/mol. The molecule has 2 aromatic heterocycles. The molecule has 146 valence electrons. The van der Waals surface area contributed by atoms with Crippen LogP contribution in [0.2, 0.25) is 0 Å². The lowest BCUT2D eigenvalue weighted by molar-refractivity contribution is 0.0744. The molecule has 0 aliphatic carbocycles. The van der Waals surface area contributed by atoms with Crippen LogP contribution in [0.5, 0.6) is 0 Å². The first-order valence-electron chi connectivity index (χ1n) is 9.07. The normalized spacial score (nSPS) is 14.1. The van der Waals surface area contributed by atoms with Crippen molar-refractivity contribution in [3.8, 4) is 6.07 Å². The quantitative estimate of drug-likeness (QED) is 0.710. The molecule has 4 rings (SSSR count). The molecule has 0 unspecified atom stereocenters. The second kappa shape index (κ2) is 7.31. The Bertz CT molecular complexity index is 1210. The van der Waals surface area contributed by atoms with Crippen LogP contribution >= 0.6 is 0 Å². The molecule has 1 aliphatic heterocycles. The van der Waals surface area contributed by atoms with Gasteiger partial charge in [0, 0.05) is 31.9 Å². The topological polar surface area (TPSA) is 106 Å². The predicted octanol–water partition coefficient (Wildman–Crippen LogP) is 1.60. The van der Waals surface area contributed by atoms with Gasteiger partial charge in [0.15, 0.2) is 0 Å². The minimum Gasteiger partial charge on any atom is -0.337 e. The van der Waals surface area contributed by atoms with Gasteiger partial charge in [-0.25, -0.2) is 14.4 Å². The minimum absolute atomic E-state index is 0.0242. The summed E-state index contributed by atoms with van der Waals surface area (Å²) >= 11 is 0. The van der Waals surface area contributed by atoms with Crippen LogP contribution in [-0.2, 0) is 0 Å². The number of H-pyrrole nitrogens is 1. The van der Waals surface area contributed by atoms with E-state index in [2.05, 4.69) is 15.0 Å². The summed E-state index contributed by atoms with van der Waals surface area (Å²) in [4.78, 5) is 39.9. The van der Waals surface area contributed by atoms with Crippen LogP contribution in [0.25, 0.3) is 10.9 Å². The van der Waals surface area contributed by atoms with Gasteiger partial charge in [0.2, 0.25) is 5.95 Å². The van der Waals surface area contributed by atoms with Crippen LogP contribution in [0.15, 0.2) is 35.1 Å². The number of hydrogen-bond acceptors (Lipinski definition) is 6. The molecule has 1 saturated heterocycles. The number of aryl methyl sites for hydroxylation is 1. The molecule has 1 aliphatic rings. The molecule has 9 heteroatoms. The lowest BCUT2D eigenvalue weighted by atomic mass is 10.1. The van der Waals surface area contributed by atoms with Gasteiger partial charge < -0.3 is 14.8 Å². The van der Waals surface area contributed by atoms with E-state index >= 15 is 0 Å². The number of carbonyl (C=O) groups is 1. The Labute approximate surface area is 165 Å². The molecular weight excluding hydrogens is 375 g/mol. The first-order valence-corrected chi connectivity index (χ1v) is 9.07. The summed E-state index contributed by atoms with van der Waals surface area (Å²) in [5.74, 6) is -0.375. The molecule has 3 aromatic rings. The van der Waals surface area contributed by atoms with E-state index in [0.717, 1.165) is 0 Å². The van der Waals surface area contributed by atoms with Crippen molar-refractivity contribution in [1.29, 1.82) is 5.26 Å². The Kier molecular flexibility index (Phi) is 4.68. The number of fused-ring (bicyclic) bond motifs is 1. The van der Waals surface area contributed by atoms with E-state index in [0.29, 0.717) is 54.4 Å². The van der Waals surface area contributed by atoms with Crippen molar-refractivity contribution in [3.05, 3.63) is 63.5 Å². The minimum atomic E-state index is -0.545. The number of pyridine rings is 1. The van der Waals surface area contributed by atoms with E-state index in [1.807, 2.05) is 11.0 Å². The number of rotatable bonds is 2. The van der Waals surface area contributed by atoms with Crippen molar-refractivity contribution in [3.63, 3.8) is 0 Å². The summed E-state index contributed by atoms with van der Waals surface area (Å²) in [5, 5.41) is 9.67. The lowest BCUT2D eigenvalue weighted by Gasteiger charge is -2.34. The molecule has 0 radical (unpaired) electrons. The number of carbonyl (C=O) groups excluding carboxylic acids is 1. The molecule has 1 N–H and O–H groups in total. The standard InChI is InChI=1S/C20H17FN6O2/c1-12-8-15(11-22)24-20(23-12)27-6-4-26(5-7-27)19(29)16-9-13-2-3-14(21)10-17(13)25-18(16)28/h2-3,8-10H,4-7H2,1H3,(H,25,28). The first kappa shape index (κ1) is 18.6. The Morgan fingerprint density at radius 1 is 1.17 bits per heavy atom. The van der Waals surface area contributed by atoms with Gasteiger partial charge in [0.1, 0.15) is 23.1 Å². The number of benzene rings is 1. The third-order valence-corrected chi connectivity index (χ3v) is 4.85. The zero-order chi connectivity index (χ0) is 20.5. The molecule has 0 saturated carbocycles. The summed E-state index contributed by atoms with van der Waals surface area (Å²) in [6.45, 7) is 3.54. The molecule has 0 atom stereocenters. The van der Waals surface area contributed by atoms with E-state index in [-0.39, 0.29) is 11.5 Å². The number of anilines is 1. The largest absolute Gasteiger partial charge is 0.337 e. The van der Waals surface area contributed by atoms with E-state index < -0.39 is 11.4 Å². The van der Waals surface area contributed by atoms with Crippen LogP contribution in [0.1, 0.15) is 21.7 Å². The summed E-state index contributed by atoms with van der Waals surface area (Å²) < 4.78 is 13.3. The van der Waals surface area contributed by atoms with E-state index in [1.54, 1.807) is 17.9 Å². The zero-order valence-electron chi connectivity index (χ0n) is 15.6. The molecular formula is C20H17FN6O2. The van der Waals surface area contributed by atoms with Crippen LogP contribution in [0, 0.1) is 24.1 Å². The van der Waals surface area contributed by atoms with Crippen molar-refractivity contribution < 1.29 is 9.18 Å². The summed E-state index contributed by atoms with van der Waals surface area (Å²) in [6, 6.07) is 9.15. The number of piperazine rings is 1. The van der Waals surface area contributed by atoms with E-state index in [4.69, 9.17) is 5.26 Å². The maximum Gasteiger partial charge on any atom is 0.261 e. The van der Waals surface area contributed by atoms with E-state index in [9.17, 15) is 14.0 Å². The smallest absolute Gasteiger partial charge is 0.261 e. The van der Waals surface area contributed by atoms with Crippen molar-refractivity contribution >= 4 is 22.8 Å². The molecule has 1 aromatic carbocycles. The van der Waals surface area contributed by atoms with E-state index in [1.165, 1.54) is 24.3 Å². The summed E-state index contributed by atoms with van der Waals surface area (Å²) in [7, 11) is 0. The highest BCUT2D eigenvalue weighted by Crippen LogP contribution is 2.16. The average molecular weight is 392 g/mol. The SMILES string of the molecule is Cc1cc(C#N)nc(N2CCN(C(=O)c3cc4ccc(F)cc4[nH]c3=O)CC2)n1. The van der Waals surface area contributed by atoms with Gasteiger partial charge >= 0.3 is 0 Å². The van der Waals surface area contributed by atoms with Gasteiger partial charge in [-0.2, -0.15) is 5.26 Å². The van der Waals surface area contributed by atoms with Crippen molar-refractivity contribution in [2.24, 2.45) is 0 Å². The molecule has 0 bridgehead atoms. The third kappa shape index (κ3) is 3.65. The second-order valence-corrected chi connectivity index (χ2v) is 6.83. The van der Waals surface area contributed by atoms with Gasteiger partial charge in [-0.1, -0.05) is 0 Å². The van der Waals surface area contributed by atoms with Crippen LogP contribution in [-0.4, -0.2) is 51.9 Å². The van der Waals surface area contributed by atoms with Crippen LogP contribution in [0.3, 0.4) is 0 Å². The van der Waals surface area contributed by atoms with Gasteiger partial charge in [0.25, 0.3) is 11.5 Å². The van der Waals surface area contributed by atoms with Crippen LogP contribution in [0.4, 0.5) is 10.3 Å². The van der Waals surface area contributed by atoms with Crippen molar-refractivity contribution in [2.75, 3.05) is 31.1 Å². The van der Waals surface area contributed by atoms with Gasteiger partial charge in [0.05, 0.1) is 5.52 Å². The highest BCUT2D eigenvalue weighted by Gasteiger charge is 2.25. The fourth-order valence-corrected chi connectivity index (χ4v) is 3.36. The number of aromatic amines is 1. The molecule has 29 heavy (non-hydrogen) atoms. The molecule has 1 fully saturated rings. The molecule has 3 heterocycles. The highest BCUT2D eigenvalue weighted by molar-refractivity contribution is 5.97. The van der Waals surface area contributed by atoms with Crippen molar-refractivity contribution in [1.82, 2.24) is 19.9 Å². The summed E-state index contributed by atoms with van der Waals surface area (Å²) in [5.41, 5.74) is 0.822. The molecule has 8 nitrogen and oxygen atoms in total. The Morgan fingerprint density at radius 2 is 1.93 bits per heavy atom. The summed E-state index contributed by atoms with van der Waals surface area (Å²) in [6.07, 6.45) is 0. The average Bonchev–Trinajstić information content (AvgIpc) is 2.72. The predicted molar refractivity (Wildman–Crippen MR) is 104 cm³/mol. The number of halogens is 1. The Hall–Kier alpha value is -3.80. The third-order valence-electron chi connectivity index (χ3n) is 4.85. The van der Waals surface area contributed by atoms with Gasteiger partial charge in [-0.15, -0.1) is 0 Å². The van der Waals surface area contributed by atoms with Crippen molar-refractivity contribution in [2.45, 2.75) is 6.92 Å². The number of amides is 1. The number of nitrogens with one attached hydrogen (secondary N) is 1. The fraction of sp³-hybridized carbons (Fsp3) is 0.250. The number of nitriles is 1. The zero-order valence-corrected chi connectivity index (χ0v) is 15.6. The highest BCUT2D eigenvalue weighted by atomic mass is 19.1. The molecule has 0 spiro atoms. The second-order valence-electron chi connectivity index (χ2n) is 6.83. The Morgan fingerprint density at radius 3 is 2.66 bits per heavy atom. The van der Waals surface area contributed by atoms with Crippen LogP contribution < -0.4 is 10.5 Å². The Balaban J connectivity index is 1.52. The number of aromatic nitrogens is 3. The first-order chi connectivity index (χ1) is 13.9. The van der Waals surface area contributed by atoms with Gasteiger partial charge in [-0.3, -0.25) is 9.59 Å². The number of hydrogen-bond donors (Lipinski definition) is 1. The fourth-order valence-electron chi connectivity index (χ4n) is 3.36. The molecule has 1 amide bonds. The maximum atomic E-state index is 13.3. The maximum absolute atomic E-state index is 13.3. The lowest BCUT2D eigenvalue weighted by Crippen LogP contribution is -2.50. The number of nitrogens with zero attached hydrogens (tertiary/aromatic N) is 5.